The van der Waals surface area contributed by atoms with Crippen LogP contribution in [0.15, 0.2) is 41.8 Å². The number of amides is 1. The van der Waals surface area contributed by atoms with Gasteiger partial charge in [0.25, 0.3) is 0 Å². The molecule has 1 aromatic heterocycles. The molecule has 3 rings (SSSR count). The van der Waals surface area contributed by atoms with E-state index >= 15 is 0 Å². The Morgan fingerprint density at radius 2 is 1.87 bits per heavy atom. The van der Waals surface area contributed by atoms with E-state index < -0.39 is 10.0 Å². The Morgan fingerprint density at radius 3 is 2.52 bits per heavy atom. The Labute approximate surface area is 189 Å². The van der Waals surface area contributed by atoms with E-state index in [4.69, 9.17) is 21.1 Å². The number of methoxy groups -OCH3 is 2. The summed E-state index contributed by atoms with van der Waals surface area (Å²) in [5.74, 6) is 0.947. The van der Waals surface area contributed by atoms with Gasteiger partial charge in [0.05, 0.1) is 43.3 Å². The number of thiazole rings is 1. The molecule has 0 radical (unpaired) electrons. The monoisotopic (exact) mass is 481 g/mol. The van der Waals surface area contributed by atoms with Gasteiger partial charge in [-0.2, -0.15) is 0 Å². The first-order valence-electron chi connectivity index (χ1n) is 8.92. The lowest BCUT2D eigenvalue weighted by atomic mass is 10.2. The van der Waals surface area contributed by atoms with Crippen molar-refractivity contribution in [1.29, 1.82) is 0 Å². The number of sulfonamides is 1. The van der Waals surface area contributed by atoms with Crippen LogP contribution in [-0.2, 0) is 21.2 Å². The van der Waals surface area contributed by atoms with Crippen LogP contribution in [-0.4, -0.2) is 39.8 Å². The van der Waals surface area contributed by atoms with Gasteiger partial charge in [-0.3, -0.25) is 9.52 Å². The third-order valence-electron chi connectivity index (χ3n) is 4.07. The number of halogens is 1. The standard InChI is InChI=1S/C20H20ClN3O5S2/c1-28-17-7-4-12(8-18(17)29-2)20-23-14(11-30-20)10-19(25)22-13-5-6-16(15(21)9-13)24-31(3,26)27/h4-9,11,24H,10H2,1-3H3,(H,22,25). The summed E-state index contributed by atoms with van der Waals surface area (Å²) < 4.78 is 35.5. The van der Waals surface area contributed by atoms with Crippen molar-refractivity contribution in [3.63, 3.8) is 0 Å². The van der Waals surface area contributed by atoms with E-state index in [-0.39, 0.29) is 23.0 Å². The fraction of sp³-hybridized carbons (Fsp3) is 0.200. The van der Waals surface area contributed by atoms with Crippen LogP contribution in [0.25, 0.3) is 10.6 Å². The number of nitrogens with zero attached hydrogens (tertiary/aromatic N) is 1. The fourth-order valence-corrected chi connectivity index (χ4v) is 4.41. The van der Waals surface area contributed by atoms with Crippen molar-refractivity contribution in [2.24, 2.45) is 0 Å². The molecule has 11 heteroatoms. The van der Waals surface area contributed by atoms with Crippen LogP contribution < -0.4 is 19.5 Å². The molecule has 8 nitrogen and oxygen atoms in total. The van der Waals surface area contributed by atoms with Gasteiger partial charge in [-0.1, -0.05) is 11.6 Å². The molecule has 3 aromatic rings. The Hall–Kier alpha value is -2.82. The smallest absolute Gasteiger partial charge is 0.230 e. The maximum absolute atomic E-state index is 12.4. The molecule has 2 N–H and O–H groups in total. The Balaban J connectivity index is 1.67. The molecule has 0 fully saturated rings. The minimum absolute atomic E-state index is 0.0742. The van der Waals surface area contributed by atoms with Crippen molar-refractivity contribution >= 4 is 50.2 Å². The highest BCUT2D eigenvalue weighted by Crippen LogP contribution is 2.33. The highest BCUT2D eigenvalue weighted by atomic mass is 35.5. The van der Waals surface area contributed by atoms with Gasteiger partial charge in [0, 0.05) is 16.6 Å². The highest BCUT2D eigenvalue weighted by Gasteiger charge is 2.13. The van der Waals surface area contributed by atoms with Crippen LogP contribution in [0.1, 0.15) is 5.69 Å². The van der Waals surface area contributed by atoms with Crippen LogP contribution in [0.3, 0.4) is 0 Å². The van der Waals surface area contributed by atoms with Crippen LogP contribution >= 0.6 is 22.9 Å². The predicted octanol–water partition coefficient (Wildman–Crippen LogP) is 4.03. The summed E-state index contributed by atoms with van der Waals surface area (Å²) in [5.41, 5.74) is 2.16. The second-order valence-electron chi connectivity index (χ2n) is 6.51. The number of anilines is 2. The van der Waals surface area contributed by atoms with Crippen molar-refractivity contribution < 1.29 is 22.7 Å². The predicted molar refractivity (Wildman–Crippen MR) is 123 cm³/mol. The molecule has 0 unspecified atom stereocenters. The van der Waals surface area contributed by atoms with Gasteiger partial charge in [0.15, 0.2) is 11.5 Å². The Morgan fingerprint density at radius 1 is 1.13 bits per heavy atom. The van der Waals surface area contributed by atoms with Crippen LogP contribution in [0.5, 0.6) is 11.5 Å². The van der Waals surface area contributed by atoms with E-state index in [1.807, 2.05) is 17.5 Å². The van der Waals surface area contributed by atoms with E-state index in [1.54, 1.807) is 26.4 Å². The molecule has 0 bridgehead atoms. The number of carbonyl (C=O) groups excluding carboxylic acids is 1. The summed E-state index contributed by atoms with van der Waals surface area (Å²) >= 11 is 7.51. The Bertz CT molecular complexity index is 1210. The third-order valence-corrected chi connectivity index (χ3v) is 5.92. The topological polar surface area (TPSA) is 107 Å². The minimum Gasteiger partial charge on any atom is -0.493 e. The number of hydrogen-bond donors (Lipinski definition) is 2. The maximum atomic E-state index is 12.4. The summed E-state index contributed by atoms with van der Waals surface area (Å²) in [6.07, 6.45) is 1.11. The molecule has 31 heavy (non-hydrogen) atoms. The van der Waals surface area contributed by atoms with Gasteiger partial charge in [0.2, 0.25) is 15.9 Å². The quantitative estimate of drug-likeness (QED) is 0.503. The fourth-order valence-electron chi connectivity index (χ4n) is 2.74. The molecule has 0 aliphatic carbocycles. The first-order chi connectivity index (χ1) is 14.7. The number of aromatic nitrogens is 1. The molecular weight excluding hydrogens is 462 g/mol. The summed E-state index contributed by atoms with van der Waals surface area (Å²) in [6.45, 7) is 0. The summed E-state index contributed by atoms with van der Waals surface area (Å²) in [7, 11) is -0.314. The van der Waals surface area contributed by atoms with Crippen molar-refractivity contribution in [3.05, 3.63) is 52.5 Å². The molecule has 2 aromatic carbocycles. The van der Waals surface area contributed by atoms with E-state index in [1.165, 1.54) is 23.5 Å². The molecule has 0 saturated carbocycles. The van der Waals surface area contributed by atoms with Crippen LogP contribution in [0.4, 0.5) is 11.4 Å². The molecule has 0 atom stereocenters. The van der Waals surface area contributed by atoms with Gasteiger partial charge in [-0.25, -0.2) is 13.4 Å². The number of rotatable bonds is 8. The van der Waals surface area contributed by atoms with Crippen molar-refractivity contribution in [2.75, 3.05) is 30.5 Å². The molecule has 0 spiro atoms. The molecule has 0 saturated heterocycles. The number of benzene rings is 2. The molecule has 1 heterocycles. The lowest BCUT2D eigenvalue weighted by molar-refractivity contribution is -0.115. The summed E-state index contributed by atoms with van der Waals surface area (Å²) in [5, 5.41) is 5.47. The number of carbonyl (C=O) groups is 1. The SMILES string of the molecule is COc1ccc(-c2nc(CC(=O)Nc3ccc(NS(C)(=O)=O)c(Cl)c3)cs2)cc1OC. The average molecular weight is 482 g/mol. The first kappa shape index (κ1) is 22.9. The third kappa shape index (κ3) is 6.09. The first-order valence-corrected chi connectivity index (χ1v) is 12.1. The molecule has 1 amide bonds. The molecule has 0 aliphatic rings. The van der Waals surface area contributed by atoms with Crippen molar-refractivity contribution in [3.8, 4) is 22.1 Å². The number of nitrogens with one attached hydrogen (secondary N) is 2. The van der Waals surface area contributed by atoms with Crippen molar-refractivity contribution in [1.82, 2.24) is 4.98 Å². The van der Waals surface area contributed by atoms with Crippen LogP contribution in [0.2, 0.25) is 5.02 Å². The lowest BCUT2D eigenvalue weighted by Gasteiger charge is -2.09. The second-order valence-corrected chi connectivity index (χ2v) is 9.52. The normalized spacial score (nSPS) is 11.1. The molecule has 164 valence electrons. The van der Waals surface area contributed by atoms with Gasteiger partial charge >= 0.3 is 0 Å². The van der Waals surface area contributed by atoms with Gasteiger partial charge < -0.3 is 14.8 Å². The van der Waals surface area contributed by atoms with Gasteiger partial charge in [0.1, 0.15) is 5.01 Å². The van der Waals surface area contributed by atoms with Gasteiger partial charge in [-0.15, -0.1) is 11.3 Å². The number of hydrogen-bond acceptors (Lipinski definition) is 7. The number of ether oxygens (including phenoxy) is 2. The van der Waals surface area contributed by atoms with E-state index in [0.29, 0.717) is 22.9 Å². The van der Waals surface area contributed by atoms with E-state index in [0.717, 1.165) is 16.8 Å². The van der Waals surface area contributed by atoms with Crippen molar-refractivity contribution in [2.45, 2.75) is 6.42 Å². The molecule has 0 aliphatic heterocycles. The minimum atomic E-state index is -3.45. The average Bonchev–Trinajstić information content (AvgIpc) is 3.17. The highest BCUT2D eigenvalue weighted by molar-refractivity contribution is 7.92. The zero-order valence-corrected chi connectivity index (χ0v) is 19.3. The Kier molecular flexibility index (Phi) is 7.04. The lowest BCUT2D eigenvalue weighted by Crippen LogP contribution is -2.15. The molecular formula is C20H20ClN3O5S2. The van der Waals surface area contributed by atoms with E-state index in [2.05, 4.69) is 15.0 Å². The zero-order valence-electron chi connectivity index (χ0n) is 16.9. The zero-order chi connectivity index (χ0) is 22.6. The second kappa shape index (κ2) is 9.54. The summed E-state index contributed by atoms with van der Waals surface area (Å²) in [4.78, 5) is 16.9. The van der Waals surface area contributed by atoms with Crippen LogP contribution in [0, 0.1) is 0 Å². The maximum Gasteiger partial charge on any atom is 0.230 e. The van der Waals surface area contributed by atoms with Gasteiger partial charge in [-0.05, 0) is 36.4 Å². The van der Waals surface area contributed by atoms with E-state index in [9.17, 15) is 13.2 Å². The summed E-state index contributed by atoms with van der Waals surface area (Å²) in [6, 6.07) is 10.0. The largest absolute Gasteiger partial charge is 0.493 e.